The van der Waals surface area contributed by atoms with Crippen LogP contribution in [-0.4, -0.2) is 35.1 Å². The molecule has 6 heteroatoms. The predicted molar refractivity (Wildman–Crippen MR) is 69.7 cm³/mol. The number of aliphatic hydroxyl groups excluding tert-OH is 1. The van der Waals surface area contributed by atoms with Crippen LogP contribution in [0.15, 0.2) is 16.6 Å². The fraction of sp³-hybridized carbons (Fsp3) is 0.462. The molecule has 2 rings (SSSR count). The Morgan fingerprint density at radius 1 is 1.42 bits per heavy atom. The Balaban J connectivity index is 2.25. The zero-order valence-corrected chi connectivity index (χ0v) is 12.0. The van der Waals surface area contributed by atoms with E-state index in [1.54, 1.807) is 0 Å². The van der Waals surface area contributed by atoms with Crippen LogP contribution in [0.4, 0.5) is 8.78 Å². The number of amides is 1. The summed E-state index contributed by atoms with van der Waals surface area (Å²) in [5, 5.41) is 9.74. The average Bonchev–Trinajstić information content (AvgIpc) is 2.31. The molecule has 104 valence electrons. The third-order valence-corrected chi connectivity index (χ3v) is 3.88. The summed E-state index contributed by atoms with van der Waals surface area (Å²) in [6, 6.07) is 2.11. The first-order chi connectivity index (χ1) is 8.90. The number of halogens is 3. The van der Waals surface area contributed by atoms with Crippen molar-refractivity contribution < 1.29 is 18.7 Å². The Kier molecular flexibility index (Phi) is 4.20. The van der Waals surface area contributed by atoms with E-state index < -0.39 is 29.2 Å². The van der Waals surface area contributed by atoms with Gasteiger partial charge >= 0.3 is 0 Å². The van der Waals surface area contributed by atoms with Crippen LogP contribution in [0.5, 0.6) is 0 Å². The van der Waals surface area contributed by atoms with Crippen LogP contribution in [0.3, 0.4) is 0 Å². The summed E-state index contributed by atoms with van der Waals surface area (Å²) in [7, 11) is 0. The second-order valence-corrected chi connectivity index (χ2v) is 5.74. The largest absolute Gasteiger partial charge is 0.391 e. The van der Waals surface area contributed by atoms with Crippen molar-refractivity contribution in [2.75, 3.05) is 13.1 Å². The first-order valence-electron chi connectivity index (χ1n) is 6.02. The van der Waals surface area contributed by atoms with Gasteiger partial charge in [0, 0.05) is 17.6 Å². The molecule has 3 nitrogen and oxygen atoms in total. The lowest BCUT2D eigenvalue weighted by atomic mass is 9.95. The number of carbonyl (C=O) groups is 1. The zero-order valence-electron chi connectivity index (χ0n) is 10.4. The standard InChI is InChI=1S/C13H14BrF2NO2/c1-7-2-3-17(6-11(7)18)13(19)12-9(15)4-8(14)5-10(12)16/h4-5,7,11,18H,2-3,6H2,1H3. The van der Waals surface area contributed by atoms with E-state index in [1.807, 2.05) is 6.92 Å². The Morgan fingerprint density at radius 2 is 2.00 bits per heavy atom. The van der Waals surface area contributed by atoms with Gasteiger partial charge in [0.25, 0.3) is 5.91 Å². The first-order valence-corrected chi connectivity index (χ1v) is 6.81. The molecule has 1 N–H and O–H groups in total. The topological polar surface area (TPSA) is 40.5 Å². The normalized spacial score (nSPS) is 23.5. The minimum atomic E-state index is -0.898. The molecule has 2 atom stereocenters. The quantitative estimate of drug-likeness (QED) is 0.858. The first kappa shape index (κ1) is 14.4. The number of piperidine rings is 1. The SMILES string of the molecule is CC1CCN(C(=O)c2c(F)cc(Br)cc2F)CC1O. The van der Waals surface area contributed by atoms with E-state index >= 15 is 0 Å². The third-order valence-electron chi connectivity index (χ3n) is 3.43. The summed E-state index contributed by atoms with van der Waals surface area (Å²) in [5.74, 6) is -2.42. The molecule has 0 radical (unpaired) electrons. The molecular weight excluding hydrogens is 320 g/mol. The third kappa shape index (κ3) is 2.95. The van der Waals surface area contributed by atoms with Crippen LogP contribution in [0.25, 0.3) is 0 Å². The van der Waals surface area contributed by atoms with Gasteiger partial charge in [-0.05, 0) is 24.5 Å². The van der Waals surface area contributed by atoms with E-state index in [9.17, 15) is 18.7 Å². The lowest BCUT2D eigenvalue weighted by Gasteiger charge is -2.34. The number of hydrogen-bond acceptors (Lipinski definition) is 2. The van der Waals surface area contributed by atoms with E-state index in [2.05, 4.69) is 15.9 Å². The van der Waals surface area contributed by atoms with Crippen LogP contribution in [0, 0.1) is 17.6 Å². The molecule has 1 aliphatic rings. The number of nitrogens with zero attached hydrogens (tertiary/aromatic N) is 1. The van der Waals surface area contributed by atoms with Gasteiger partial charge in [-0.25, -0.2) is 8.78 Å². The van der Waals surface area contributed by atoms with E-state index in [0.717, 1.165) is 12.1 Å². The molecular formula is C13H14BrF2NO2. The second kappa shape index (κ2) is 5.54. The van der Waals surface area contributed by atoms with Gasteiger partial charge < -0.3 is 10.0 Å². The summed E-state index contributed by atoms with van der Waals surface area (Å²) >= 11 is 2.96. The summed E-state index contributed by atoms with van der Waals surface area (Å²) in [4.78, 5) is 13.4. The van der Waals surface area contributed by atoms with E-state index in [1.165, 1.54) is 4.90 Å². The molecule has 1 aromatic carbocycles. The molecule has 1 aromatic rings. The Morgan fingerprint density at radius 3 is 2.53 bits per heavy atom. The number of rotatable bonds is 1. The van der Waals surface area contributed by atoms with Crippen molar-refractivity contribution in [1.82, 2.24) is 4.90 Å². The van der Waals surface area contributed by atoms with Gasteiger partial charge in [-0.2, -0.15) is 0 Å². The monoisotopic (exact) mass is 333 g/mol. The Bertz CT molecular complexity index is 486. The molecule has 0 spiro atoms. The van der Waals surface area contributed by atoms with Crippen molar-refractivity contribution >= 4 is 21.8 Å². The highest BCUT2D eigenvalue weighted by Crippen LogP contribution is 2.24. The number of β-amino-alcohol motifs (C(OH)–C–C–N with tert-alkyl or cyclic N) is 1. The molecule has 1 amide bonds. The van der Waals surface area contributed by atoms with Crippen LogP contribution in [0.1, 0.15) is 23.7 Å². The van der Waals surface area contributed by atoms with Gasteiger partial charge in [0.05, 0.1) is 6.10 Å². The van der Waals surface area contributed by atoms with Crippen molar-refractivity contribution in [3.05, 3.63) is 33.8 Å². The molecule has 1 aliphatic heterocycles. The summed E-state index contributed by atoms with van der Waals surface area (Å²) < 4.78 is 27.7. The van der Waals surface area contributed by atoms with Crippen molar-refractivity contribution in [2.24, 2.45) is 5.92 Å². The van der Waals surface area contributed by atoms with Crippen LogP contribution >= 0.6 is 15.9 Å². The number of benzene rings is 1. The predicted octanol–water partition coefficient (Wildman–Crippen LogP) is 2.57. The maximum Gasteiger partial charge on any atom is 0.259 e. The van der Waals surface area contributed by atoms with Gasteiger partial charge in [-0.1, -0.05) is 22.9 Å². The highest BCUT2D eigenvalue weighted by Gasteiger charge is 2.30. The van der Waals surface area contributed by atoms with Gasteiger partial charge in [-0.15, -0.1) is 0 Å². The lowest BCUT2D eigenvalue weighted by Crippen LogP contribution is -2.46. The number of carbonyl (C=O) groups excluding carboxylic acids is 1. The lowest BCUT2D eigenvalue weighted by molar-refractivity contribution is 0.0243. The molecule has 2 unspecified atom stereocenters. The summed E-state index contributed by atoms with van der Waals surface area (Å²) in [6.45, 7) is 2.38. The average molecular weight is 334 g/mol. The molecule has 1 fully saturated rings. The van der Waals surface area contributed by atoms with Gasteiger partial charge in [0.15, 0.2) is 0 Å². The highest BCUT2D eigenvalue weighted by molar-refractivity contribution is 9.10. The van der Waals surface area contributed by atoms with Crippen molar-refractivity contribution in [2.45, 2.75) is 19.4 Å². The van der Waals surface area contributed by atoms with Gasteiger partial charge in [-0.3, -0.25) is 4.79 Å². The number of aliphatic hydroxyl groups is 1. The summed E-state index contributed by atoms with van der Waals surface area (Å²) in [6.07, 6.45) is -0.0357. The molecule has 0 bridgehead atoms. The van der Waals surface area contributed by atoms with Crippen molar-refractivity contribution in [3.63, 3.8) is 0 Å². The fourth-order valence-electron chi connectivity index (χ4n) is 2.14. The molecule has 0 aliphatic carbocycles. The minimum Gasteiger partial charge on any atom is -0.391 e. The molecule has 19 heavy (non-hydrogen) atoms. The number of likely N-dealkylation sites (tertiary alicyclic amines) is 1. The van der Waals surface area contributed by atoms with Crippen LogP contribution < -0.4 is 0 Å². The minimum absolute atomic E-state index is 0.0867. The maximum atomic E-state index is 13.7. The van der Waals surface area contributed by atoms with E-state index in [4.69, 9.17) is 0 Å². The van der Waals surface area contributed by atoms with E-state index in [-0.39, 0.29) is 16.9 Å². The maximum absolute atomic E-state index is 13.7. The Labute approximate surface area is 118 Å². The fourth-order valence-corrected chi connectivity index (χ4v) is 2.54. The van der Waals surface area contributed by atoms with Crippen LogP contribution in [-0.2, 0) is 0 Å². The highest BCUT2D eigenvalue weighted by atomic mass is 79.9. The second-order valence-electron chi connectivity index (χ2n) is 4.83. The zero-order chi connectivity index (χ0) is 14.2. The van der Waals surface area contributed by atoms with E-state index in [0.29, 0.717) is 13.0 Å². The molecule has 1 heterocycles. The smallest absolute Gasteiger partial charge is 0.259 e. The molecule has 1 saturated heterocycles. The summed E-state index contributed by atoms with van der Waals surface area (Å²) in [5.41, 5.74) is -0.565. The number of hydrogen-bond donors (Lipinski definition) is 1. The molecule has 0 aromatic heterocycles. The van der Waals surface area contributed by atoms with Crippen molar-refractivity contribution in [3.8, 4) is 0 Å². The van der Waals surface area contributed by atoms with Crippen LogP contribution in [0.2, 0.25) is 0 Å². The van der Waals surface area contributed by atoms with Gasteiger partial charge in [0.1, 0.15) is 17.2 Å². The Hall–Kier alpha value is -1.01. The molecule has 0 saturated carbocycles. The van der Waals surface area contributed by atoms with Gasteiger partial charge in [0.2, 0.25) is 0 Å². The van der Waals surface area contributed by atoms with Crippen molar-refractivity contribution in [1.29, 1.82) is 0 Å².